The van der Waals surface area contributed by atoms with Crippen molar-refractivity contribution < 1.29 is 27.2 Å². The average Bonchev–Trinajstić information content (AvgIpc) is 3.24. The number of halogens is 3. The lowest BCUT2D eigenvalue weighted by molar-refractivity contribution is -0.140. The minimum absolute atomic E-state index is 0.0830. The number of aromatic nitrogens is 3. The van der Waals surface area contributed by atoms with Crippen LogP contribution in [0.15, 0.2) is 16.8 Å². The molecule has 0 bridgehead atoms. The second-order valence-corrected chi connectivity index (χ2v) is 5.55. The van der Waals surface area contributed by atoms with E-state index in [9.17, 15) is 18.0 Å². The minimum atomic E-state index is -4.54. The molecule has 1 aliphatic heterocycles. The number of carbonyl (C=O) groups excluding carboxylic acids is 1. The first-order valence-corrected chi connectivity index (χ1v) is 7.19. The second kappa shape index (κ2) is 5.93. The predicted molar refractivity (Wildman–Crippen MR) is 74.0 cm³/mol. The third kappa shape index (κ3) is 3.01. The van der Waals surface area contributed by atoms with Crippen molar-refractivity contribution in [3.8, 4) is 0 Å². The van der Waals surface area contributed by atoms with Crippen LogP contribution in [0.5, 0.6) is 0 Å². The van der Waals surface area contributed by atoms with E-state index in [1.165, 1.54) is 12.0 Å². The first-order valence-electron chi connectivity index (χ1n) is 7.19. The fourth-order valence-electron chi connectivity index (χ4n) is 2.72. The molecule has 2 aromatic heterocycles. The molecule has 3 heterocycles. The number of hydrogen-bond donors (Lipinski definition) is 1. The monoisotopic (exact) mass is 344 g/mol. The number of likely N-dealkylation sites (tertiary alicyclic amines) is 1. The first-order chi connectivity index (χ1) is 11.3. The van der Waals surface area contributed by atoms with Crippen molar-refractivity contribution in [1.29, 1.82) is 0 Å². The van der Waals surface area contributed by atoms with Gasteiger partial charge in [0.05, 0.1) is 11.7 Å². The van der Waals surface area contributed by atoms with Gasteiger partial charge in [0.25, 0.3) is 5.91 Å². The van der Waals surface area contributed by atoms with Gasteiger partial charge in [-0.25, -0.2) is 0 Å². The molecule has 0 radical (unpaired) electrons. The van der Waals surface area contributed by atoms with Crippen molar-refractivity contribution in [1.82, 2.24) is 20.0 Å². The highest BCUT2D eigenvalue weighted by Gasteiger charge is 2.41. The van der Waals surface area contributed by atoms with E-state index in [2.05, 4.69) is 15.1 Å². The van der Waals surface area contributed by atoms with E-state index < -0.39 is 23.8 Å². The fraction of sp³-hybridized carbons (Fsp3) is 0.500. The molecule has 3 rings (SSSR count). The van der Waals surface area contributed by atoms with Crippen LogP contribution in [0.4, 0.5) is 13.2 Å². The third-order valence-corrected chi connectivity index (χ3v) is 3.92. The zero-order valence-corrected chi connectivity index (χ0v) is 12.9. The summed E-state index contributed by atoms with van der Waals surface area (Å²) in [6.07, 6.45) is -3.32. The molecule has 24 heavy (non-hydrogen) atoms. The predicted octanol–water partition coefficient (Wildman–Crippen LogP) is 2.33. The molecule has 130 valence electrons. The Balaban J connectivity index is 1.87. The van der Waals surface area contributed by atoms with E-state index >= 15 is 0 Å². The summed E-state index contributed by atoms with van der Waals surface area (Å²) in [5, 5.41) is 3.70. The van der Waals surface area contributed by atoms with Crippen molar-refractivity contribution in [2.75, 3.05) is 13.7 Å². The number of rotatable bonds is 3. The molecule has 2 atom stereocenters. The topological polar surface area (TPSA) is 84.2 Å². The highest BCUT2D eigenvalue weighted by atomic mass is 19.4. The lowest BCUT2D eigenvalue weighted by atomic mass is 10.2. The number of nitrogens with one attached hydrogen (secondary N) is 1. The van der Waals surface area contributed by atoms with Crippen LogP contribution < -0.4 is 0 Å². The van der Waals surface area contributed by atoms with E-state index in [0.29, 0.717) is 12.2 Å². The first kappa shape index (κ1) is 16.5. The van der Waals surface area contributed by atoms with Crippen LogP contribution in [0.25, 0.3) is 0 Å². The van der Waals surface area contributed by atoms with Crippen molar-refractivity contribution in [3.05, 3.63) is 35.2 Å². The van der Waals surface area contributed by atoms with E-state index in [1.807, 2.05) is 0 Å². The van der Waals surface area contributed by atoms with Gasteiger partial charge in [0.2, 0.25) is 5.89 Å². The van der Waals surface area contributed by atoms with Crippen molar-refractivity contribution in [2.45, 2.75) is 31.7 Å². The smallest absolute Gasteiger partial charge is 0.380 e. The number of ether oxygens (including phenoxy) is 1. The summed E-state index contributed by atoms with van der Waals surface area (Å²) in [7, 11) is 1.51. The van der Waals surface area contributed by atoms with E-state index in [0.717, 1.165) is 12.3 Å². The number of aromatic amines is 1. The quantitative estimate of drug-likeness (QED) is 0.924. The van der Waals surface area contributed by atoms with Crippen LogP contribution in [0, 0.1) is 6.92 Å². The molecule has 7 nitrogen and oxygen atoms in total. The van der Waals surface area contributed by atoms with Crippen molar-refractivity contribution >= 4 is 5.91 Å². The van der Waals surface area contributed by atoms with Crippen LogP contribution in [0.1, 0.15) is 40.2 Å². The van der Waals surface area contributed by atoms with Gasteiger partial charge in [0.1, 0.15) is 11.7 Å². The van der Waals surface area contributed by atoms with Crippen LogP contribution in [-0.2, 0) is 10.9 Å². The molecule has 0 unspecified atom stereocenters. The summed E-state index contributed by atoms with van der Waals surface area (Å²) in [4.78, 5) is 20.2. The largest absolute Gasteiger partial charge is 0.431 e. The summed E-state index contributed by atoms with van der Waals surface area (Å²) in [5.41, 5.74) is -1.06. The number of methoxy groups -OCH3 is 1. The minimum Gasteiger partial charge on any atom is -0.380 e. The van der Waals surface area contributed by atoms with Gasteiger partial charge >= 0.3 is 6.18 Å². The van der Waals surface area contributed by atoms with E-state index in [4.69, 9.17) is 9.26 Å². The number of nitrogens with zero attached hydrogens (tertiary/aromatic N) is 3. The van der Waals surface area contributed by atoms with Crippen LogP contribution in [0.2, 0.25) is 0 Å². The summed E-state index contributed by atoms with van der Waals surface area (Å²) in [6.45, 7) is 1.87. The van der Waals surface area contributed by atoms with Gasteiger partial charge in [0, 0.05) is 26.3 Å². The number of alkyl halides is 3. The Morgan fingerprint density at radius 2 is 2.25 bits per heavy atom. The van der Waals surface area contributed by atoms with E-state index in [-0.39, 0.29) is 24.1 Å². The Bertz CT molecular complexity index is 740. The summed E-state index contributed by atoms with van der Waals surface area (Å²) in [5.74, 6) is 0.105. The summed E-state index contributed by atoms with van der Waals surface area (Å²) >= 11 is 0. The number of aryl methyl sites for hydroxylation is 1. The van der Waals surface area contributed by atoms with Gasteiger partial charge in [-0.05, 0) is 13.0 Å². The number of carbonyl (C=O) groups is 1. The van der Waals surface area contributed by atoms with Gasteiger partial charge < -0.3 is 19.1 Å². The molecule has 0 saturated carbocycles. The maximum absolute atomic E-state index is 12.7. The molecule has 0 aromatic carbocycles. The molecule has 1 saturated heterocycles. The van der Waals surface area contributed by atoms with Crippen molar-refractivity contribution in [3.63, 3.8) is 0 Å². The Morgan fingerprint density at radius 3 is 2.79 bits per heavy atom. The Labute approximate surface area is 134 Å². The van der Waals surface area contributed by atoms with Gasteiger partial charge in [-0.2, -0.15) is 18.2 Å². The molecule has 2 aromatic rings. The average molecular weight is 344 g/mol. The highest BCUT2D eigenvalue weighted by molar-refractivity contribution is 5.94. The fourth-order valence-corrected chi connectivity index (χ4v) is 2.72. The van der Waals surface area contributed by atoms with Crippen LogP contribution >= 0.6 is 0 Å². The molecule has 0 aliphatic carbocycles. The number of hydrogen-bond acceptors (Lipinski definition) is 5. The van der Waals surface area contributed by atoms with Crippen LogP contribution in [0.3, 0.4) is 0 Å². The number of amides is 1. The third-order valence-electron chi connectivity index (χ3n) is 3.92. The lowest BCUT2D eigenvalue weighted by Gasteiger charge is -2.21. The molecule has 1 N–H and O–H groups in total. The summed E-state index contributed by atoms with van der Waals surface area (Å²) in [6, 6.07) is 0.256. The van der Waals surface area contributed by atoms with E-state index in [1.54, 1.807) is 6.92 Å². The molecule has 1 aliphatic rings. The zero-order valence-electron chi connectivity index (χ0n) is 12.9. The summed E-state index contributed by atoms with van der Waals surface area (Å²) < 4.78 is 48.5. The molecular formula is C14H15F3N4O3. The lowest BCUT2D eigenvalue weighted by Crippen LogP contribution is -2.32. The Kier molecular flexibility index (Phi) is 4.08. The SMILES string of the molecule is CO[C@H]1C[C@H](c2nc(C)no2)N(C(=O)c2c[nH]c(C(F)(F)F)c2)C1. The van der Waals surface area contributed by atoms with Gasteiger partial charge in [-0.3, -0.25) is 4.79 Å². The molecule has 1 fully saturated rings. The van der Waals surface area contributed by atoms with Gasteiger partial charge in [0.15, 0.2) is 5.82 Å². The normalized spacial score (nSPS) is 21.5. The van der Waals surface area contributed by atoms with Crippen molar-refractivity contribution in [2.24, 2.45) is 0 Å². The maximum atomic E-state index is 12.7. The Hall–Kier alpha value is -2.36. The molecule has 1 amide bonds. The standard InChI is InChI=1S/C14H15F3N4O3/c1-7-19-12(24-20-7)10-4-9(23-2)6-21(10)13(22)8-3-11(18-5-8)14(15,16)17/h3,5,9-10,18H,4,6H2,1-2H3/t9-,10+/m0/s1. The maximum Gasteiger partial charge on any atom is 0.431 e. The van der Waals surface area contributed by atoms with Crippen LogP contribution in [-0.4, -0.2) is 45.7 Å². The molecule has 10 heteroatoms. The van der Waals surface area contributed by atoms with Gasteiger partial charge in [-0.15, -0.1) is 0 Å². The number of H-pyrrole nitrogens is 1. The molecule has 0 spiro atoms. The molecular weight excluding hydrogens is 329 g/mol. The second-order valence-electron chi connectivity index (χ2n) is 5.55. The Morgan fingerprint density at radius 1 is 1.50 bits per heavy atom. The zero-order chi connectivity index (χ0) is 17.5. The highest BCUT2D eigenvalue weighted by Crippen LogP contribution is 2.35. The van der Waals surface area contributed by atoms with Gasteiger partial charge in [-0.1, -0.05) is 5.16 Å².